The Hall–Kier alpha value is -9.19. The van der Waals surface area contributed by atoms with E-state index in [4.69, 9.17) is 9.15 Å². The van der Waals surface area contributed by atoms with E-state index in [1.165, 1.54) is 43.6 Å². The third-order valence-electron chi connectivity index (χ3n) is 15.0. The standard InChI is InChI=1S/C66H39BFNO2/c68-59-36-42(40-17-4-1-5-18-40)35-52(41-19-6-2-7-20-41)65(59)69(43-21-8-3-9-22-43)44-33-34-47-55-38-53-49-26-14-25-48-45-23-10-12-29-56(45)67(57-30-15-28-51-46-24-11-13-31-60(46)71-66(51)57)58(63(48)49)39-54(53)50-27-16-32-61(64(50)55)70-62(47)37-44/h1-39H. The van der Waals surface area contributed by atoms with Crippen molar-refractivity contribution in [3.05, 3.63) is 242 Å². The quantitative estimate of drug-likeness (QED) is 0.123. The van der Waals surface area contributed by atoms with Crippen molar-refractivity contribution in [2.24, 2.45) is 0 Å². The first-order valence-corrected chi connectivity index (χ1v) is 24.2. The Labute approximate surface area is 409 Å². The second-order valence-corrected chi connectivity index (χ2v) is 18.8. The van der Waals surface area contributed by atoms with E-state index in [2.05, 4.69) is 133 Å². The topological polar surface area (TPSA) is 25.6 Å². The van der Waals surface area contributed by atoms with E-state index in [0.717, 1.165) is 88.7 Å². The van der Waals surface area contributed by atoms with Crippen molar-refractivity contribution in [3.8, 4) is 56.0 Å². The van der Waals surface area contributed by atoms with Gasteiger partial charge in [0.2, 0.25) is 6.71 Å². The predicted molar refractivity (Wildman–Crippen MR) is 294 cm³/mol. The summed E-state index contributed by atoms with van der Waals surface area (Å²) >= 11 is 0. The number of hydrogen-bond donors (Lipinski definition) is 0. The van der Waals surface area contributed by atoms with Crippen molar-refractivity contribution in [2.45, 2.75) is 0 Å². The predicted octanol–water partition coefficient (Wildman–Crippen LogP) is 16.3. The van der Waals surface area contributed by atoms with Gasteiger partial charge in [0.1, 0.15) is 28.5 Å². The summed E-state index contributed by atoms with van der Waals surface area (Å²) in [4.78, 5) is 2.03. The van der Waals surface area contributed by atoms with Crippen LogP contribution in [0.25, 0.3) is 98.8 Å². The van der Waals surface area contributed by atoms with Gasteiger partial charge in [0.05, 0.1) is 11.4 Å². The molecule has 0 saturated carbocycles. The number of halogens is 1. The first-order chi connectivity index (χ1) is 35.1. The molecular formula is C66H39BFNO2. The Bertz CT molecular complexity index is 4340. The zero-order chi connectivity index (χ0) is 46.7. The van der Waals surface area contributed by atoms with Crippen LogP contribution in [-0.4, -0.2) is 6.71 Å². The van der Waals surface area contributed by atoms with Crippen molar-refractivity contribution in [1.29, 1.82) is 0 Å². The Morgan fingerprint density at radius 2 is 1.00 bits per heavy atom. The molecule has 5 heteroatoms. The third-order valence-corrected chi connectivity index (χ3v) is 15.0. The van der Waals surface area contributed by atoms with E-state index in [-0.39, 0.29) is 12.5 Å². The molecule has 0 saturated heterocycles. The average molecular weight is 908 g/mol. The maximum Gasteiger partial charge on any atom is 0.247 e. The van der Waals surface area contributed by atoms with Gasteiger partial charge >= 0.3 is 0 Å². The molecule has 15 rings (SSSR count). The first kappa shape index (κ1) is 39.8. The van der Waals surface area contributed by atoms with Crippen molar-refractivity contribution in [1.82, 2.24) is 0 Å². The molecular weight excluding hydrogens is 869 g/mol. The Morgan fingerprint density at radius 3 is 1.85 bits per heavy atom. The normalized spacial score (nSPS) is 12.4. The number of hydrogen-bond acceptors (Lipinski definition) is 3. The number of rotatable bonds is 6. The zero-order valence-corrected chi connectivity index (χ0v) is 38.2. The number of anilines is 3. The van der Waals surface area contributed by atoms with Gasteiger partial charge in [0.25, 0.3) is 0 Å². The Balaban J connectivity index is 0.944. The smallest absolute Gasteiger partial charge is 0.247 e. The third kappa shape index (κ3) is 5.96. The lowest BCUT2D eigenvalue weighted by Crippen LogP contribution is -2.54. The Kier molecular flexibility index (Phi) is 8.63. The van der Waals surface area contributed by atoms with E-state index in [1.54, 1.807) is 6.07 Å². The lowest BCUT2D eigenvalue weighted by atomic mass is 9.33. The zero-order valence-electron chi connectivity index (χ0n) is 38.2. The fraction of sp³-hybridized carbons (Fsp3) is 0. The summed E-state index contributed by atoms with van der Waals surface area (Å²) in [6, 6.07) is 82.1. The molecule has 71 heavy (non-hydrogen) atoms. The van der Waals surface area contributed by atoms with Crippen LogP contribution in [0.1, 0.15) is 0 Å². The number of nitrogens with zero attached hydrogens (tertiary/aromatic N) is 1. The van der Waals surface area contributed by atoms with E-state index in [1.807, 2.05) is 102 Å². The van der Waals surface area contributed by atoms with Crippen molar-refractivity contribution < 1.29 is 13.5 Å². The van der Waals surface area contributed by atoms with Crippen molar-refractivity contribution in [3.63, 3.8) is 0 Å². The number of para-hydroxylation sites is 3. The highest BCUT2D eigenvalue weighted by atomic mass is 19.1. The van der Waals surface area contributed by atoms with E-state index in [9.17, 15) is 0 Å². The van der Waals surface area contributed by atoms with E-state index < -0.39 is 0 Å². The summed E-state index contributed by atoms with van der Waals surface area (Å²) in [5.74, 6) is 1.17. The van der Waals surface area contributed by atoms with Gasteiger partial charge in [-0.05, 0) is 120 Å². The molecule has 3 heterocycles. The van der Waals surface area contributed by atoms with Gasteiger partial charge in [0.15, 0.2) is 0 Å². The van der Waals surface area contributed by atoms with Gasteiger partial charge in [-0.25, -0.2) is 4.39 Å². The van der Waals surface area contributed by atoms with Crippen LogP contribution in [0.4, 0.5) is 21.5 Å². The number of furan rings is 1. The van der Waals surface area contributed by atoms with Crippen LogP contribution in [0.5, 0.6) is 11.5 Å². The molecule has 2 aliphatic heterocycles. The van der Waals surface area contributed by atoms with Crippen LogP contribution >= 0.6 is 0 Å². The molecule has 13 aromatic rings. The first-order valence-electron chi connectivity index (χ1n) is 24.2. The van der Waals surface area contributed by atoms with Crippen LogP contribution in [0.3, 0.4) is 0 Å². The largest absolute Gasteiger partial charge is 0.457 e. The molecule has 3 nitrogen and oxygen atoms in total. The molecule has 0 unspecified atom stereocenters. The number of fused-ring (bicyclic) bond motifs is 10. The van der Waals surface area contributed by atoms with Gasteiger partial charge in [-0.1, -0.05) is 187 Å². The monoisotopic (exact) mass is 907 g/mol. The van der Waals surface area contributed by atoms with Crippen LogP contribution in [0.2, 0.25) is 0 Å². The fourth-order valence-corrected chi connectivity index (χ4v) is 11.9. The highest BCUT2D eigenvalue weighted by molar-refractivity contribution is 7.00. The maximum absolute atomic E-state index is 17.4. The average Bonchev–Trinajstić information content (AvgIpc) is 3.82. The molecule has 0 spiro atoms. The van der Waals surface area contributed by atoms with Crippen LogP contribution in [0.15, 0.2) is 241 Å². The van der Waals surface area contributed by atoms with Crippen LogP contribution in [0, 0.1) is 5.82 Å². The molecule has 0 aliphatic carbocycles. The summed E-state index contributed by atoms with van der Waals surface area (Å²) in [5, 5.41) is 9.28. The molecule has 0 bridgehead atoms. The van der Waals surface area contributed by atoms with Crippen molar-refractivity contribution >= 4 is 94.4 Å². The molecule has 0 N–H and O–H groups in total. The minimum Gasteiger partial charge on any atom is -0.457 e. The molecule has 0 fully saturated rings. The summed E-state index contributed by atoms with van der Waals surface area (Å²) in [6.45, 7) is -0.0761. The second-order valence-electron chi connectivity index (χ2n) is 18.8. The van der Waals surface area contributed by atoms with Crippen LogP contribution < -0.4 is 26.0 Å². The molecule has 12 aromatic carbocycles. The SMILES string of the molecule is Fc1cc(-c2ccccc2)cc(-c2ccccc2)c1N(c1ccccc1)c1ccc2c(c1)Oc1cccc3c1c-2cc1c2cccc4c2c(cc31)B(c1cccc2c1oc1ccccc12)c1ccccc1-4. The van der Waals surface area contributed by atoms with E-state index >= 15 is 4.39 Å². The molecule has 0 atom stereocenters. The fourth-order valence-electron chi connectivity index (χ4n) is 11.9. The number of ether oxygens (including phenoxy) is 1. The molecule has 0 radical (unpaired) electrons. The molecule has 330 valence electrons. The minimum absolute atomic E-state index is 0.0761. The van der Waals surface area contributed by atoms with Gasteiger partial charge in [-0.15, -0.1) is 0 Å². The maximum atomic E-state index is 17.4. The van der Waals surface area contributed by atoms with Crippen LogP contribution in [-0.2, 0) is 0 Å². The van der Waals surface area contributed by atoms with Gasteiger partial charge < -0.3 is 14.1 Å². The molecule has 1 aromatic heterocycles. The highest BCUT2D eigenvalue weighted by Gasteiger charge is 2.35. The lowest BCUT2D eigenvalue weighted by molar-refractivity contribution is 0.487. The number of benzene rings is 12. The van der Waals surface area contributed by atoms with E-state index in [0.29, 0.717) is 11.4 Å². The minimum atomic E-state index is -0.327. The molecule has 2 aliphatic rings. The van der Waals surface area contributed by atoms with Gasteiger partial charge in [0, 0.05) is 39.0 Å². The molecule has 0 amide bonds. The second kappa shape index (κ2) is 15.4. The van der Waals surface area contributed by atoms with Gasteiger partial charge in [-0.2, -0.15) is 0 Å². The highest BCUT2D eigenvalue weighted by Crippen LogP contribution is 2.53. The summed E-state index contributed by atoms with van der Waals surface area (Å²) in [7, 11) is 0. The van der Waals surface area contributed by atoms with Crippen molar-refractivity contribution in [2.75, 3.05) is 4.90 Å². The van der Waals surface area contributed by atoms with Gasteiger partial charge in [-0.3, -0.25) is 0 Å². The Morgan fingerprint density at radius 1 is 0.352 bits per heavy atom. The summed E-state index contributed by atoms with van der Waals surface area (Å²) in [6.07, 6.45) is 0. The lowest BCUT2D eigenvalue weighted by Gasteiger charge is -2.31. The summed E-state index contributed by atoms with van der Waals surface area (Å²) < 4.78 is 31.2. The summed E-state index contributed by atoms with van der Waals surface area (Å²) in [5.41, 5.74) is 15.6.